The summed E-state index contributed by atoms with van der Waals surface area (Å²) in [5, 5.41) is 12.5. The van der Waals surface area contributed by atoms with Crippen LogP contribution in [0.4, 0.5) is 0 Å². The summed E-state index contributed by atoms with van der Waals surface area (Å²) in [6, 6.07) is 7.96. The summed E-state index contributed by atoms with van der Waals surface area (Å²) in [6.07, 6.45) is 1.45. The van der Waals surface area contributed by atoms with Gasteiger partial charge in [0.1, 0.15) is 24.3 Å². The van der Waals surface area contributed by atoms with E-state index in [2.05, 4.69) is 9.68 Å². The molecule has 1 aromatic heterocycles. The first-order valence-electron chi connectivity index (χ1n) is 4.61. The lowest BCUT2D eigenvalue weighted by Crippen LogP contribution is -1.99. The van der Waals surface area contributed by atoms with Gasteiger partial charge in [0, 0.05) is 6.07 Å². The van der Waals surface area contributed by atoms with E-state index in [4.69, 9.17) is 9.84 Å². The number of ether oxygens (including phenoxy) is 1. The van der Waals surface area contributed by atoms with E-state index in [0.717, 1.165) is 0 Å². The van der Waals surface area contributed by atoms with Crippen molar-refractivity contribution in [3.8, 4) is 5.75 Å². The Bertz CT molecular complexity index is 478. The maximum Gasteiger partial charge on any atom is 0.335 e. The second-order valence-electron chi connectivity index (χ2n) is 3.11. The summed E-state index contributed by atoms with van der Waals surface area (Å²) in [5.74, 6) is -0.491. The molecule has 0 amide bonds. The average molecular weight is 219 g/mol. The summed E-state index contributed by atoms with van der Waals surface area (Å²) in [4.78, 5) is 10.7. The van der Waals surface area contributed by atoms with Crippen LogP contribution in [0.3, 0.4) is 0 Å². The average Bonchev–Trinajstić information content (AvgIpc) is 2.79. The Morgan fingerprint density at radius 1 is 1.44 bits per heavy atom. The maximum absolute atomic E-state index is 10.7. The van der Waals surface area contributed by atoms with Crippen LogP contribution in [0.15, 0.2) is 41.1 Å². The van der Waals surface area contributed by atoms with Gasteiger partial charge in [0.05, 0.1) is 5.56 Å². The second-order valence-corrected chi connectivity index (χ2v) is 3.11. The van der Waals surface area contributed by atoms with Gasteiger partial charge in [-0.1, -0.05) is 11.2 Å². The number of hydrogen-bond donors (Lipinski definition) is 1. The maximum atomic E-state index is 10.7. The summed E-state index contributed by atoms with van der Waals surface area (Å²) < 4.78 is 10.00. The van der Waals surface area contributed by atoms with Crippen LogP contribution in [0, 0.1) is 0 Å². The molecule has 5 nitrogen and oxygen atoms in total. The SMILES string of the molecule is O=C(O)c1cccc(OCc2ccon2)c1. The molecule has 0 aliphatic rings. The molecule has 0 fully saturated rings. The molecule has 16 heavy (non-hydrogen) atoms. The Hall–Kier alpha value is -2.30. The zero-order chi connectivity index (χ0) is 11.4. The molecule has 82 valence electrons. The topological polar surface area (TPSA) is 72.6 Å². The molecule has 0 aliphatic carbocycles. The third kappa shape index (κ3) is 2.38. The minimum atomic E-state index is -0.980. The fourth-order valence-electron chi connectivity index (χ4n) is 1.19. The molecule has 1 heterocycles. The van der Waals surface area contributed by atoms with E-state index in [-0.39, 0.29) is 12.2 Å². The van der Waals surface area contributed by atoms with E-state index in [1.165, 1.54) is 18.4 Å². The fourth-order valence-corrected chi connectivity index (χ4v) is 1.19. The zero-order valence-corrected chi connectivity index (χ0v) is 8.29. The zero-order valence-electron chi connectivity index (χ0n) is 8.29. The highest BCUT2D eigenvalue weighted by molar-refractivity contribution is 5.87. The van der Waals surface area contributed by atoms with Crippen molar-refractivity contribution in [2.24, 2.45) is 0 Å². The molecule has 0 saturated carbocycles. The molecule has 0 spiro atoms. The molecule has 2 aromatic rings. The molecule has 0 aliphatic heterocycles. The number of aromatic nitrogens is 1. The van der Waals surface area contributed by atoms with Crippen molar-refractivity contribution in [3.63, 3.8) is 0 Å². The van der Waals surface area contributed by atoms with Crippen molar-refractivity contribution in [1.82, 2.24) is 5.16 Å². The first-order valence-corrected chi connectivity index (χ1v) is 4.61. The lowest BCUT2D eigenvalue weighted by molar-refractivity contribution is 0.0696. The van der Waals surface area contributed by atoms with E-state index in [1.807, 2.05) is 0 Å². The Labute approximate surface area is 91.3 Å². The predicted molar refractivity (Wildman–Crippen MR) is 54.2 cm³/mol. The Morgan fingerprint density at radius 2 is 2.31 bits per heavy atom. The van der Waals surface area contributed by atoms with E-state index in [9.17, 15) is 4.79 Å². The van der Waals surface area contributed by atoms with Gasteiger partial charge >= 0.3 is 5.97 Å². The Morgan fingerprint density at radius 3 is 3.00 bits per heavy atom. The smallest absolute Gasteiger partial charge is 0.335 e. The monoisotopic (exact) mass is 219 g/mol. The standard InChI is InChI=1S/C11H9NO4/c13-11(14)8-2-1-3-10(6-8)15-7-9-4-5-16-12-9/h1-6H,7H2,(H,13,14). The first-order chi connectivity index (χ1) is 7.75. The molecule has 5 heteroatoms. The van der Waals surface area contributed by atoms with Crippen LogP contribution in [-0.4, -0.2) is 16.2 Å². The molecule has 0 unspecified atom stereocenters. The van der Waals surface area contributed by atoms with Crippen LogP contribution in [0.1, 0.15) is 16.1 Å². The number of nitrogens with zero attached hydrogens (tertiary/aromatic N) is 1. The van der Waals surface area contributed by atoms with E-state index >= 15 is 0 Å². The minimum absolute atomic E-state index is 0.192. The Kier molecular flexibility index (Phi) is 2.86. The lowest BCUT2D eigenvalue weighted by atomic mass is 10.2. The summed E-state index contributed by atoms with van der Waals surface area (Å²) in [5.41, 5.74) is 0.846. The van der Waals surface area contributed by atoms with Crippen LogP contribution in [-0.2, 0) is 6.61 Å². The molecule has 2 rings (SSSR count). The summed E-state index contributed by atoms with van der Waals surface area (Å²) >= 11 is 0. The lowest BCUT2D eigenvalue weighted by Gasteiger charge is -2.04. The molecule has 0 radical (unpaired) electrons. The van der Waals surface area contributed by atoms with Crippen LogP contribution < -0.4 is 4.74 Å². The van der Waals surface area contributed by atoms with E-state index < -0.39 is 5.97 Å². The van der Waals surface area contributed by atoms with Gasteiger partial charge in [-0.05, 0) is 18.2 Å². The molecular formula is C11H9NO4. The van der Waals surface area contributed by atoms with Gasteiger partial charge in [-0.15, -0.1) is 0 Å². The Balaban J connectivity index is 2.04. The summed E-state index contributed by atoms with van der Waals surface area (Å²) in [7, 11) is 0. The normalized spacial score (nSPS) is 10.0. The summed E-state index contributed by atoms with van der Waals surface area (Å²) in [6.45, 7) is 0.250. The quantitative estimate of drug-likeness (QED) is 0.850. The van der Waals surface area contributed by atoms with E-state index in [0.29, 0.717) is 11.4 Å². The molecule has 0 saturated heterocycles. The van der Waals surface area contributed by atoms with Gasteiger partial charge in [0.15, 0.2) is 0 Å². The molecule has 0 bridgehead atoms. The minimum Gasteiger partial charge on any atom is -0.487 e. The van der Waals surface area contributed by atoms with Gasteiger partial charge in [0.25, 0.3) is 0 Å². The van der Waals surface area contributed by atoms with Crippen LogP contribution in [0.5, 0.6) is 5.75 Å². The van der Waals surface area contributed by atoms with Gasteiger partial charge in [-0.25, -0.2) is 4.79 Å². The number of rotatable bonds is 4. The number of hydrogen-bond acceptors (Lipinski definition) is 4. The number of carboxylic acid groups (broad SMARTS) is 1. The van der Waals surface area contributed by atoms with E-state index in [1.54, 1.807) is 18.2 Å². The number of carboxylic acids is 1. The van der Waals surface area contributed by atoms with Gasteiger partial charge in [-0.2, -0.15) is 0 Å². The predicted octanol–water partition coefficient (Wildman–Crippen LogP) is 1.95. The van der Waals surface area contributed by atoms with Crippen molar-refractivity contribution >= 4 is 5.97 Å². The third-order valence-corrected chi connectivity index (χ3v) is 1.96. The largest absolute Gasteiger partial charge is 0.487 e. The van der Waals surface area contributed by atoms with Crippen molar-refractivity contribution < 1.29 is 19.2 Å². The van der Waals surface area contributed by atoms with Crippen LogP contribution in [0.25, 0.3) is 0 Å². The number of benzene rings is 1. The van der Waals surface area contributed by atoms with Crippen LogP contribution >= 0.6 is 0 Å². The van der Waals surface area contributed by atoms with Gasteiger partial charge in [-0.3, -0.25) is 0 Å². The third-order valence-electron chi connectivity index (χ3n) is 1.96. The van der Waals surface area contributed by atoms with Crippen molar-refractivity contribution in [1.29, 1.82) is 0 Å². The van der Waals surface area contributed by atoms with Crippen LogP contribution in [0.2, 0.25) is 0 Å². The highest BCUT2D eigenvalue weighted by Gasteiger charge is 2.04. The van der Waals surface area contributed by atoms with Gasteiger partial charge in [0.2, 0.25) is 0 Å². The highest BCUT2D eigenvalue weighted by Crippen LogP contribution is 2.14. The molecule has 1 aromatic carbocycles. The van der Waals surface area contributed by atoms with Crippen molar-refractivity contribution in [2.75, 3.05) is 0 Å². The number of carbonyl (C=O) groups is 1. The van der Waals surface area contributed by atoms with Crippen molar-refractivity contribution in [2.45, 2.75) is 6.61 Å². The molecule has 1 N–H and O–H groups in total. The molecule has 0 atom stereocenters. The fraction of sp³-hybridized carbons (Fsp3) is 0.0909. The first kappa shape index (κ1) is 10.2. The molecular weight excluding hydrogens is 210 g/mol. The highest BCUT2D eigenvalue weighted by atomic mass is 16.5. The number of aromatic carboxylic acids is 1. The second kappa shape index (κ2) is 4.48. The van der Waals surface area contributed by atoms with Crippen molar-refractivity contribution in [3.05, 3.63) is 47.9 Å². The van der Waals surface area contributed by atoms with Gasteiger partial charge < -0.3 is 14.4 Å².